The number of halogens is 3. The monoisotopic (exact) mass is 488 g/mol. The van der Waals surface area contributed by atoms with Crippen LogP contribution in [0.1, 0.15) is 39.2 Å². The number of nitrogens with one attached hydrogen (secondary N) is 1. The Kier molecular flexibility index (Phi) is 6.48. The van der Waals surface area contributed by atoms with Crippen molar-refractivity contribution in [1.29, 1.82) is 0 Å². The van der Waals surface area contributed by atoms with E-state index in [9.17, 15) is 23.1 Å². The smallest absolute Gasteiger partial charge is 0.416 e. The third-order valence-corrected chi connectivity index (χ3v) is 5.78. The van der Waals surface area contributed by atoms with Gasteiger partial charge in [-0.15, -0.1) is 10.2 Å². The van der Waals surface area contributed by atoms with Crippen molar-refractivity contribution in [3.05, 3.63) is 48.0 Å². The highest BCUT2D eigenvalue weighted by atomic mass is 19.4. The summed E-state index contributed by atoms with van der Waals surface area (Å²) in [7, 11) is 0. The molecule has 1 aliphatic rings. The molecule has 1 fully saturated rings. The maximum Gasteiger partial charge on any atom is 0.416 e. The van der Waals surface area contributed by atoms with E-state index in [0.29, 0.717) is 35.7 Å². The molecule has 1 amide bonds. The molecule has 2 aromatic carbocycles. The summed E-state index contributed by atoms with van der Waals surface area (Å²) in [5.74, 6) is -0.0502. The van der Waals surface area contributed by atoms with E-state index in [1.807, 2.05) is 32.9 Å². The third kappa shape index (κ3) is 5.41. The van der Waals surface area contributed by atoms with Crippen LogP contribution in [0.3, 0.4) is 0 Å². The number of phenols is 1. The van der Waals surface area contributed by atoms with Gasteiger partial charge in [0.2, 0.25) is 0 Å². The molecule has 0 aliphatic carbocycles. The largest absolute Gasteiger partial charge is 0.507 e. The number of alkyl halides is 3. The van der Waals surface area contributed by atoms with Crippen LogP contribution in [0.4, 0.5) is 23.8 Å². The van der Waals surface area contributed by atoms with Gasteiger partial charge in [-0.25, -0.2) is 4.79 Å². The number of hydrogen-bond acceptors (Lipinski definition) is 6. The Morgan fingerprint density at radius 2 is 1.86 bits per heavy atom. The van der Waals surface area contributed by atoms with Gasteiger partial charge in [0, 0.05) is 29.4 Å². The number of aromatic hydroxyl groups is 1. The van der Waals surface area contributed by atoms with Gasteiger partial charge in [-0.05, 0) is 51.8 Å². The lowest BCUT2D eigenvalue weighted by molar-refractivity contribution is -0.137. The molecule has 1 aliphatic heterocycles. The second-order valence-corrected chi connectivity index (χ2v) is 9.52. The molecule has 0 spiro atoms. The lowest BCUT2D eigenvalue weighted by Crippen LogP contribution is -2.42. The van der Waals surface area contributed by atoms with Crippen molar-refractivity contribution in [3.8, 4) is 17.0 Å². The van der Waals surface area contributed by atoms with Crippen LogP contribution in [-0.2, 0) is 10.9 Å². The number of benzene rings is 2. The van der Waals surface area contributed by atoms with E-state index >= 15 is 0 Å². The predicted octanol–water partition coefficient (Wildman–Crippen LogP) is 5.83. The summed E-state index contributed by atoms with van der Waals surface area (Å²) in [6, 6.07) is 9.88. The van der Waals surface area contributed by atoms with Gasteiger partial charge in [0.15, 0.2) is 5.82 Å². The molecule has 186 valence electrons. The van der Waals surface area contributed by atoms with Gasteiger partial charge in [-0.3, -0.25) is 0 Å². The van der Waals surface area contributed by atoms with E-state index in [4.69, 9.17) is 4.74 Å². The first-order valence-electron chi connectivity index (χ1n) is 11.3. The molecular formula is C25H27F3N4O3. The van der Waals surface area contributed by atoms with Gasteiger partial charge < -0.3 is 20.1 Å². The molecule has 10 heteroatoms. The Labute approximate surface area is 200 Å². The fourth-order valence-electron chi connectivity index (χ4n) is 4.16. The number of fused-ring (bicyclic) bond motifs is 1. The highest BCUT2D eigenvalue weighted by molar-refractivity contribution is 6.00. The fraction of sp³-hybridized carbons (Fsp3) is 0.400. The first-order chi connectivity index (χ1) is 16.4. The lowest BCUT2D eigenvalue weighted by atomic mass is 10.0. The van der Waals surface area contributed by atoms with Gasteiger partial charge >= 0.3 is 12.3 Å². The van der Waals surface area contributed by atoms with Crippen molar-refractivity contribution in [2.45, 2.75) is 51.4 Å². The minimum absolute atomic E-state index is 0.0796. The van der Waals surface area contributed by atoms with E-state index in [1.165, 1.54) is 6.07 Å². The lowest BCUT2D eigenvalue weighted by Gasteiger charge is -2.28. The van der Waals surface area contributed by atoms with E-state index in [1.54, 1.807) is 17.0 Å². The second kappa shape index (κ2) is 9.24. The summed E-state index contributed by atoms with van der Waals surface area (Å²) in [6.45, 7) is 6.52. The normalized spacial score (nSPS) is 16.5. The Balaban J connectivity index is 1.59. The highest BCUT2D eigenvalue weighted by Crippen LogP contribution is 2.38. The molecule has 4 rings (SSSR count). The van der Waals surface area contributed by atoms with Gasteiger partial charge in [0.1, 0.15) is 17.0 Å². The number of rotatable bonds is 4. The number of anilines is 1. The minimum atomic E-state index is -4.56. The third-order valence-electron chi connectivity index (χ3n) is 5.78. The van der Waals surface area contributed by atoms with Crippen LogP contribution in [0.15, 0.2) is 42.5 Å². The van der Waals surface area contributed by atoms with Crippen LogP contribution in [0.5, 0.6) is 5.75 Å². The van der Waals surface area contributed by atoms with Crippen molar-refractivity contribution < 1.29 is 27.8 Å². The maximum atomic E-state index is 13.0. The Morgan fingerprint density at radius 1 is 1.14 bits per heavy atom. The van der Waals surface area contributed by atoms with Gasteiger partial charge in [-0.2, -0.15) is 13.2 Å². The molecule has 2 heterocycles. The number of carbonyl (C=O) groups is 1. The zero-order valence-corrected chi connectivity index (χ0v) is 19.7. The molecule has 0 saturated carbocycles. The van der Waals surface area contributed by atoms with Crippen molar-refractivity contribution in [3.63, 3.8) is 0 Å². The molecule has 0 radical (unpaired) electrons. The molecule has 1 unspecified atom stereocenters. The van der Waals surface area contributed by atoms with Crippen LogP contribution in [-0.4, -0.2) is 51.0 Å². The number of carbonyl (C=O) groups excluding carboxylic acids is 1. The Hall–Kier alpha value is -3.56. The van der Waals surface area contributed by atoms with Crippen LogP contribution >= 0.6 is 0 Å². The summed E-state index contributed by atoms with van der Waals surface area (Å²) in [5, 5.41) is 23.4. The minimum Gasteiger partial charge on any atom is -0.507 e. The van der Waals surface area contributed by atoms with Crippen molar-refractivity contribution in [2.24, 2.45) is 0 Å². The van der Waals surface area contributed by atoms with Crippen LogP contribution < -0.4 is 5.32 Å². The van der Waals surface area contributed by atoms with E-state index < -0.39 is 23.1 Å². The number of hydrogen-bond donors (Lipinski definition) is 2. The molecular weight excluding hydrogens is 461 g/mol. The van der Waals surface area contributed by atoms with Crippen molar-refractivity contribution >= 4 is 22.7 Å². The number of ether oxygens (including phenoxy) is 1. The predicted molar refractivity (Wildman–Crippen MR) is 126 cm³/mol. The summed E-state index contributed by atoms with van der Waals surface area (Å²) in [6.07, 6.45) is -3.24. The number of nitrogens with zero attached hydrogens (tertiary/aromatic N) is 3. The van der Waals surface area contributed by atoms with E-state index in [-0.39, 0.29) is 23.4 Å². The SMILES string of the molecule is CC(C)(C)OC(=O)N1CCCC1CNc1nnc(-c2ccc(C(F)(F)F)cc2O)c2ccccc12. The van der Waals surface area contributed by atoms with Crippen molar-refractivity contribution in [2.75, 3.05) is 18.4 Å². The van der Waals surface area contributed by atoms with Crippen molar-refractivity contribution in [1.82, 2.24) is 15.1 Å². The number of aromatic nitrogens is 2. The first-order valence-corrected chi connectivity index (χ1v) is 11.3. The first kappa shape index (κ1) is 24.6. The standard InChI is InChI=1S/C25H27F3N4O3/c1-24(2,3)35-23(34)32-12-6-7-16(32)14-29-22-18-9-5-4-8-17(18)21(30-31-22)19-11-10-15(13-20(19)33)25(26,27)28/h4-5,8-11,13,16,33H,6-7,12,14H2,1-3H3,(H,29,31). The summed E-state index contributed by atoms with van der Waals surface area (Å²) in [4.78, 5) is 14.3. The Bertz CT molecular complexity index is 1240. The summed E-state index contributed by atoms with van der Waals surface area (Å²) >= 11 is 0. The summed E-state index contributed by atoms with van der Waals surface area (Å²) < 4.78 is 44.5. The zero-order valence-electron chi connectivity index (χ0n) is 19.7. The van der Waals surface area contributed by atoms with E-state index in [2.05, 4.69) is 15.5 Å². The van der Waals surface area contributed by atoms with E-state index in [0.717, 1.165) is 18.9 Å². The average molecular weight is 489 g/mol. The van der Waals surface area contributed by atoms with Gasteiger partial charge in [0.25, 0.3) is 0 Å². The van der Waals surface area contributed by atoms with Crippen LogP contribution in [0, 0.1) is 0 Å². The molecule has 0 bridgehead atoms. The summed E-state index contributed by atoms with van der Waals surface area (Å²) in [5.41, 5.74) is -1.10. The maximum absolute atomic E-state index is 13.0. The zero-order chi connectivity index (χ0) is 25.4. The molecule has 1 saturated heterocycles. The number of phenolic OH excluding ortho intramolecular Hbond substituents is 1. The second-order valence-electron chi connectivity index (χ2n) is 9.52. The Morgan fingerprint density at radius 3 is 2.51 bits per heavy atom. The molecule has 3 aromatic rings. The fourth-order valence-corrected chi connectivity index (χ4v) is 4.16. The van der Waals surface area contributed by atoms with Crippen LogP contribution in [0.25, 0.3) is 22.0 Å². The molecule has 1 atom stereocenters. The molecule has 2 N–H and O–H groups in total. The van der Waals surface area contributed by atoms with Gasteiger partial charge in [-0.1, -0.05) is 24.3 Å². The average Bonchev–Trinajstić information content (AvgIpc) is 3.25. The quantitative estimate of drug-likeness (QED) is 0.480. The molecule has 1 aromatic heterocycles. The van der Waals surface area contributed by atoms with Crippen LogP contribution in [0.2, 0.25) is 0 Å². The number of amides is 1. The topological polar surface area (TPSA) is 87.6 Å². The highest BCUT2D eigenvalue weighted by Gasteiger charge is 2.33. The number of likely N-dealkylation sites (tertiary alicyclic amines) is 1. The molecule has 35 heavy (non-hydrogen) atoms. The van der Waals surface area contributed by atoms with Gasteiger partial charge in [0.05, 0.1) is 11.6 Å². The molecule has 7 nitrogen and oxygen atoms in total.